The standard InChI is InChI=1S/C12H26NP.2ClH.Ni/c1-10(2)12(14,11(3)4)8-7-9-13(5)6;;;/h7-8,10-11H,9,14H2,1-6H3;2*1H;/q;;;+2/p-2/b8-7+;;;. The number of hydrogen-bond acceptors (Lipinski definition) is 1. The molecule has 0 aliphatic carbocycles. The van der Waals surface area contributed by atoms with E-state index in [0.717, 1.165) is 6.54 Å². The van der Waals surface area contributed by atoms with E-state index in [1.54, 1.807) is 0 Å². The number of nitrogens with zero attached hydrogens (tertiary/aromatic N) is 1. The summed E-state index contributed by atoms with van der Waals surface area (Å²) >= 11 is 0.569. The average Bonchev–Trinajstić information content (AvgIpc) is 2.17. The first-order valence-electron chi connectivity index (χ1n) is 5.66. The summed E-state index contributed by atoms with van der Waals surface area (Å²) in [4.78, 5) is 2.18. The average molecular weight is 345 g/mol. The molecule has 108 valence electrons. The summed E-state index contributed by atoms with van der Waals surface area (Å²) < 4.78 is 0. The van der Waals surface area contributed by atoms with E-state index in [4.69, 9.17) is 20.4 Å². The Morgan fingerprint density at radius 3 is 1.76 bits per heavy atom. The molecule has 0 heterocycles. The number of halogens is 2. The molecule has 0 amide bonds. The first kappa shape index (κ1) is 20.5. The molecule has 0 saturated heterocycles. The van der Waals surface area contributed by atoms with E-state index in [0.29, 0.717) is 24.5 Å². The molecule has 0 aromatic carbocycles. The van der Waals surface area contributed by atoms with Gasteiger partial charge in [-0.2, -0.15) is 0 Å². The molecule has 0 radical (unpaired) electrons. The van der Waals surface area contributed by atoms with Crippen molar-refractivity contribution in [2.24, 2.45) is 11.8 Å². The molecule has 1 atom stereocenters. The first-order valence-corrected chi connectivity index (χ1v) is 8.95. The number of rotatable bonds is 5. The molecule has 5 heteroatoms. The third-order valence-electron chi connectivity index (χ3n) is 2.88. The Hall–Kier alpha value is 1.20. The van der Waals surface area contributed by atoms with Crippen LogP contribution in [0.4, 0.5) is 0 Å². The monoisotopic (exact) mass is 343 g/mol. The first-order chi connectivity index (χ1) is 7.72. The summed E-state index contributed by atoms with van der Waals surface area (Å²) in [5.41, 5.74) is 0. The Labute approximate surface area is 124 Å². The summed E-state index contributed by atoms with van der Waals surface area (Å²) in [7, 11) is 16.6. The zero-order valence-electron chi connectivity index (χ0n) is 11.6. The Morgan fingerprint density at radius 2 is 1.53 bits per heavy atom. The van der Waals surface area contributed by atoms with E-state index in [2.05, 4.69) is 68.1 Å². The van der Waals surface area contributed by atoms with Crippen LogP contribution in [0, 0.1) is 11.8 Å². The maximum absolute atomic E-state index is 4.70. The van der Waals surface area contributed by atoms with E-state index < -0.39 is 0 Å². The quantitative estimate of drug-likeness (QED) is 0.406. The third kappa shape index (κ3) is 9.74. The van der Waals surface area contributed by atoms with Crippen LogP contribution in [0.25, 0.3) is 0 Å². The fraction of sp³-hybridized carbons (Fsp3) is 0.833. The molecule has 0 rings (SSSR count). The van der Waals surface area contributed by atoms with E-state index in [1.807, 2.05) is 0 Å². The van der Waals surface area contributed by atoms with Crippen LogP contribution < -0.4 is 0 Å². The van der Waals surface area contributed by atoms with Gasteiger partial charge in [0.1, 0.15) is 0 Å². The van der Waals surface area contributed by atoms with Crippen LogP contribution in [-0.2, 0) is 12.7 Å². The fourth-order valence-electron chi connectivity index (χ4n) is 1.52. The van der Waals surface area contributed by atoms with E-state index in [1.165, 1.54) is 0 Å². The van der Waals surface area contributed by atoms with Crippen LogP contribution in [0.5, 0.6) is 0 Å². The fourth-order valence-corrected chi connectivity index (χ4v) is 1.66. The van der Waals surface area contributed by atoms with Crippen molar-refractivity contribution < 1.29 is 12.7 Å². The van der Waals surface area contributed by atoms with Gasteiger partial charge in [-0.3, -0.25) is 0 Å². The molecule has 1 unspecified atom stereocenters. The van der Waals surface area contributed by atoms with Gasteiger partial charge < -0.3 is 4.90 Å². The zero-order chi connectivity index (χ0) is 14.1. The van der Waals surface area contributed by atoms with Gasteiger partial charge in [-0.05, 0) is 25.9 Å². The second kappa shape index (κ2) is 11.1. The van der Waals surface area contributed by atoms with Crippen molar-refractivity contribution in [3.63, 3.8) is 0 Å². The Kier molecular flexibility index (Phi) is 13.4. The van der Waals surface area contributed by atoms with Crippen molar-refractivity contribution in [2.45, 2.75) is 32.9 Å². The number of likely N-dealkylation sites (N-methyl/N-ethyl adjacent to an activating group) is 1. The van der Waals surface area contributed by atoms with Gasteiger partial charge in [-0.15, -0.1) is 9.24 Å². The zero-order valence-corrected chi connectivity index (χ0v) is 15.3. The van der Waals surface area contributed by atoms with Gasteiger partial charge >= 0.3 is 33.0 Å². The summed E-state index contributed by atoms with van der Waals surface area (Å²) in [6.07, 6.45) is 4.62. The second-order valence-corrected chi connectivity index (χ2v) is 7.65. The second-order valence-electron chi connectivity index (χ2n) is 5.02. The van der Waals surface area contributed by atoms with Crippen molar-refractivity contribution in [3.05, 3.63) is 12.2 Å². The minimum atomic E-state index is 0.246. The third-order valence-corrected chi connectivity index (χ3v) is 4.40. The van der Waals surface area contributed by atoms with Gasteiger partial charge in [0.25, 0.3) is 0 Å². The van der Waals surface area contributed by atoms with E-state index >= 15 is 0 Å². The van der Waals surface area contributed by atoms with Gasteiger partial charge in [0.2, 0.25) is 0 Å². The maximum atomic E-state index is 4.70. The molecule has 0 aromatic rings. The molecule has 0 fully saturated rings. The molecule has 1 nitrogen and oxygen atoms in total. The molecule has 17 heavy (non-hydrogen) atoms. The van der Waals surface area contributed by atoms with Gasteiger partial charge in [0.05, 0.1) is 0 Å². The van der Waals surface area contributed by atoms with Gasteiger partial charge in [0, 0.05) is 11.7 Å². The molecule has 0 spiro atoms. The van der Waals surface area contributed by atoms with Crippen molar-refractivity contribution in [2.75, 3.05) is 20.6 Å². The molecular formula is C12H26Cl2NNiP. The molecule has 0 bridgehead atoms. The summed E-state index contributed by atoms with van der Waals surface area (Å²) in [5, 5.41) is 0.246. The summed E-state index contributed by atoms with van der Waals surface area (Å²) in [5.74, 6) is 1.32. The molecule has 0 aliphatic rings. The molecule has 0 N–H and O–H groups in total. The van der Waals surface area contributed by atoms with Crippen molar-refractivity contribution in [1.82, 2.24) is 4.90 Å². The predicted molar refractivity (Wildman–Crippen MR) is 81.5 cm³/mol. The van der Waals surface area contributed by atoms with Gasteiger partial charge in [-0.25, -0.2) is 0 Å². The van der Waals surface area contributed by atoms with Crippen molar-refractivity contribution >= 4 is 29.6 Å². The predicted octanol–water partition coefficient (Wildman–Crippen LogP) is 4.41. The molecule has 0 saturated carbocycles. The summed E-state index contributed by atoms with van der Waals surface area (Å²) in [6.45, 7) is 10.2. The van der Waals surface area contributed by atoms with Crippen LogP contribution in [0.15, 0.2) is 12.2 Å². The Morgan fingerprint density at radius 1 is 1.18 bits per heavy atom. The normalized spacial score (nSPS) is 12.7. The Balaban J connectivity index is 0. The summed E-state index contributed by atoms with van der Waals surface area (Å²) in [6, 6.07) is 0. The van der Waals surface area contributed by atoms with Gasteiger partial charge in [-0.1, -0.05) is 39.8 Å². The van der Waals surface area contributed by atoms with Crippen molar-refractivity contribution in [3.8, 4) is 0 Å². The number of allylic oxidation sites excluding steroid dienone is 1. The van der Waals surface area contributed by atoms with Crippen LogP contribution >= 0.6 is 29.6 Å². The topological polar surface area (TPSA) is 3.24 Å². The van der Waals surface area contributed by atoms with Crippen LogP contribution in [-0.4, -0.2) is 30.7 Å². The number of hydrogen-bond donors (Lipinski definition) is 0. The Bertz CT molecular complexity index is 201. The molecule has 0 aromatic heterocycles. The van der Waals surface area contributed by atoms with Crippen LogP contribution in [0.3, 0.4) is 0 Å². The minimum absolute atomic E-state index is 0.246. The van der Waals surface area contributed by atoms with Crippen LogP contribution in [0.2, 0.25) is 0 Å². The SMILES string of the molecule is CC(C)C(P)(/C=C/CN(C)C)C(C)C.[Cl][Ni][Cl]. The van der Waals surface area contributed by atoms with Crippen molar-refractivity contribution in [1.29, 1.82) is 0 Å². The molecular weight excluding hydrogens is 319 g/mol. The van der Waals surface area contributed by atoms with E-state index in [-0.39, 0.29) is 5.16 Å². The molecule has 0 aliphatic heterocycles. The van der Waals surface area contributed by atoms with Gasteiger partial charge in [0.15, 0.2) is 0 Å². The van der Waals surface area contributed by atoms with Crippen LogP contribution in [0.1, 0.15) is 27.7 Å². The van der Waals surface area contributed by atoms with E-state index in [9.17, 15) is 0 Å².